The van der Waals surface area contributed by atoms with Crippen molar-refractivity contribution in [1.82, 2.24) is 0 Å². The van der Waals surface area contributed by atoms with E-state index in [0.717, 1.165) is 21.3 Å². The van der Waals surface area contributed by atoms with Crippen LogP contribution in [-0.4, -0.2) is 14.7 Å². The van der Waals surface area contributed by atoms with E-state index in [9.17, 15) is 4.21 Å². The number of hydrogen-bond acceptors (Lipinski definition) is 2. The lowest BCUT2D eigenvalue weighted by Crippen LogP contribution is -2.21. The Labute approximate surface area is 134 Å². The monoisotopic (exact) mass is 369 g/mol. The maximum atomic E-state index is 12.3. The summed E-state index contributed by atoms with van der Waals surface area (Å²) < 4.78 is 17.5. The van der Waals surface area contributed by atoms with Crippen LogP contribution in [-0.2, 0) is 11.0 Å². The molecule has 0 aliphatic rings. The first-order valence-corrected chi connectivity index (χ1v) is 9.01. The molecule has 1 aromatic heterocycles. The molecule has 2 rings (SSSR count). The van der Waals surface area contributed by atoms with Crippen molar-refractivity contribution in [2.24, 2.45) is 4.40 Å². The van der Waals surface area contributed by atoms with E-state index in [2.05, 4.69) is 20.3 Å². The molecule has 1 atom stereocenters. The molecular formula is C15H16BrNOS2. The first-order valence-electron chi connectivity index (χ1n) is 6.17. The summed E-state index contributed by atoms with van der Waals surface area (Å²) in [6.07, 6.45) is 0. The molecule has 0 fully saturated rings. The molecule has 1 heterocycles. The highest BCUT2D eigenvalue weighted by molar-refractivity contribution is 9.10. The highest BCUT2D eigenvalue weighted by Gasteiger charge is 2.20. The van der Waals surface area contributed by atoms with Crippen LogP contribution in [0, 0.1) is 0 Å². The van der Waals surface area contributed by atoms with Gasteiger partial charge < -0.3 is 0 Å². The molecular weight excluding hydrogens is 354 g/mol. The summed E-state index contributed by atoms with van der Waals surface area (Å²) in [5, 5.41) is 4.03. The van der Waals surface area contributed by atoms with Crippen LogP contribution in [0.2, 0.25) is 0 Å². The number of hydrogen-bond donors (Lipinski definition) is 0. The molecule has 2 nitrogen and oxygen atoms in total. The van der Waals surface area contributed by atoms with Crippen LogP contribution >= 0.6 is 27.3 Å². The molecule has 0 spiro atoms. The van der Waals surface area contributed by atoms with Gasteiger partial charge in [-0.2, -0.15) is 15.7 Å². The Morgan fingerprint density at radius 3 is 2.30 bits per heavy atom. The molecule has 0 N–H and O–H groups in total. The van der Waals surface area contributed by atoms with Gasteiger partial charge >= 0.3 is 0 Å². The molecule has 20 heavy (non-hydrogen) atoms. The predicted octanol–water partition coefficient (Wildman–Crippen LogP) is 4.81. The van der Waals surface area contributed by atoms with Crippen molar-refractivity contribution in [3.63, 3.8) is 0 Å². The van der Waals surface area contributed by atoms with Gasteiger partial charge in [0.25, 0.3) is 0 Å². The highest BCUT2D eigenvalue weighted by atomic mass is 79.9. The normalized spacial score (nSPS) is 14.3. The van der Waals surface area contributed by atoms with Gasteiger partial charge in [0, 0.05) is 21.0 Å². The Morgan fingerprint density at radius 2 is 1.80 bits per heavy atom. The number of nitrogens with zero attached hydrogens (tertiary/aromatic N) is 1. The number of benzene rings is 1. The van der Waals surface area contributed by atoms with E-state index in [1.165, 1.54) is 0 Å². The minimum Gasteiger partial charge on any atom is -0.234 e. The van der Waals surface area contributed by atoms with Crippen molar-refractivity contribution in [3.05, 3.63) is 56.7 Å². The lowest BCUT2D eigenvalue weighted by molar-refractivity contribution is 0.650. The van der Waals surface area contributed by atoms with Gasteiger partial charge in [0.1, 0.15) is 11.0 Å². The fourth-order valence-electron chi connectivity index (χ4n) is 1.50. The van der Waals surface area contributed by atoms with Gasteiger partial charge in [0.2, 0.25) is 0 Å². The Kier molecular flexibility index (Phi) is 4.94. The van der Waals surface area contributed by atoms with Crippen LogP contribution < -0.4 is 0 Å². The van der Waals surface area contributed by atoms with Crippen molar-refractivity contribution in [2.75, 3.05) is 0 Å². The lowest BCUT2D eigenvalue weighted by Gasteiger charge is -2.15. The van der Waals surface area contributed by atoms with Gasteiger partial charge in [-0.3, -0.25) is 0 Å². The predicted molar refractivity (Wildman–Crippen MR) is 92.0 cm³/mol. The van der Waals surface area contributed by atoms with Crippen LogP contribution in [0.15, 0.2) is 50.0 Å². The number of thiophene rings is 1. The second-order valence-corrected chi connectivity index (χ2v) is 8.92. The summed E-state index contributed by atoms with van der Waals surface area (Å²) in [4.78, 5) is 0. The number of halogens is 1. The van der Waals surface area contributed by atoms with E-state index in [0.29, 0.717) is 0 Å². The van der Waals surface area contributed by atoms with Crippen molar-refractivity contribution in [2.45, 2.75) is 25.5 Å². The molecule has 0 amide bonds. The molecule has 0 saturated carbocycles. The molecule has 1 aromatic carbocycles. The molecule has 1 unspecified atom stereocenters. The molecule has 0 saturated heterocycles. The van der Waals surface area contributed by atoms with Crippen LogP contribution in [0.1, 0.15) is 31.9 Å². The van der Waals surface area contributed by atoms with E-state index in [4.69, 9.17) is 0 Å². The first kappa shape index (κ1) is 15.6. The Balaban J connectivity index is 2.49. The summed E-state index contributed by atoms with van der Waals surface area (Å²) in [6.45, 7) is 5.79. The zero-order valence-electron chi connectivity index (χ0n) is 11.6. The van der Waals surface area contributed by atoms with Crippen LogP contribution in [0.25, 0.3) is 0 Å². The Hall–Kier alpha value is -0.780. The zero-order chi connectivity index (χ0) is 14.8. The lowest BCUT2D eigenvalue weighted by atomic mass is 10.1. The summed E-state index contributed by atoms with van der Waals surface area (Å²) >= 11 is 5.04. The maximum Gasteiger partial charge on any atom is 0.145 e. The smallest absolute Gasteiger partial charge is 0.145 e. The number of rotatable bonds is 3. The third kappa shape index (κ3) is 3.87. The van der Waals surface area contributed by atoms with Gasteiger partial charge in [-0.05, 0) is 44.4 Å². The first-order chi connectivity index (χ1) is 9.38. The molecule has 5 heteroatoms. The topological polar surface area (TPSA) is 29.4 Å². The van der Waals surface area contributed by atoms with Gasteiger partial charge in [-0.1, -0.05) is 28.1 Å². The Morgan fingerprint density at radius 1 is 1.15 bits per heavy atom. The average Bonchev–Trinajstić information content (AvgIpc) is 2.89. The fourth-order valence-corrected chi connectivity index (χ4v) is 3.05. The van der Waals surface area contributed by atoms with Crippen molar-refractivity contribution >= 4 is 44.0 Å². The molecule has 0 aliphatic heterocycles. The van der Waals surface area contributed by atoms with E-state index >= 15 is 0 Å². The second-order valence-electron chi connectivity index (χ2n) is 5.32. The Bertz CT molecular complexity index is 625. The van der Waals surface area contributed by atoms with Gasteiger partial charge in [0.05, 0.1) is 10.5 Å². The average molecular weight is 370 g/mol. The van der Waals surface area contributed by atoms with Crippen LogP contribution in [0.3, 0.4) is 0 Å². The summed E-state index contributed by atoms with van der Waals surface area (Å²) in [7, 11) is -1.28. The SMILES string of the molecule is CC(C)(C)S(=O)/N=C(\c1ccc(Br)cc1)c1ccsc1. The van der Waals surface area contributed by atoms with Crippen LogP contribution in [0.4, 0.5) is 0 Å². The fraction of sp³-hybridized carbons (Fsp3) is 0.267. The molecule has 0 bridgehead atoms. The van der Waals surface area contributed by atoms with Gasteiger partial charge in [0.15, 0.2) is 0 Å². The van der Waals surface area contributed by atoms with E-state index < -0.39 is 11.0 Å². The summed E-state index contributed by atoms with van der Waals surface area (Å²) in [5.41, 5.74) is 2.77. The third-order valence-electron chi connectivity index (χ3n) is 2.61. The van der Waals surface area contributed by atoms with Gasteiger partial charge in [-0.25, -0.2) is 4.21 Å². The maximum absolute atomic E-state index is 12.3. The molecule has 0 radical (unpaired) electrons. The zero-order valence-corrected chi connectivity index (χ0v) is 14.8. The van der Waals surface area contributed by atoms with Crippen LogP contribution in [0.5, 0.6) is 0 Å². The highest BCUT2D eigenvalue weighted by Crippen LogP contribution is 2.20. The molecule has 0 aliphatic carbocycles. The van der Waals surface area contributed by atoms with E-state index in [1.54, 1.807) is 11.3 Å². The quantitative estimate of drug-likeness (QED) is 0.713. The van der Waals surface area contributed by atoms with Crippen molar-refractivity contribution in [3.8, 4) is 0 Å². The second kappa shape index (κ2) is 6.33. The van der Waals surface area contributed by atoms with Crippen molar-refractivity contribution < 1.29 is 4.21 Å². The minimum atomic E-state index is -1.28. The third-order valence-corrected chi connectivity index (χ3v) is 5.22. The minimum absolute atomic E-state index is 0.364. The summed E-state index contributed by atoms with van der Waals surface area (Å²) in [5.74, 6) is 0. The summed E-state index contributed by atoms with van der Waals surface area (Å²) in [6, 6.07) is 9.92. The standard InChI is InChI=1S/C15H16BrNOS2/c1-15(2,3)20(18)17-14(12-8-9-19-10-12)11-4-6-13(16)7-5-11/h4-10H,1-3H3/b17-14+. The molecule has 2 aromatic rings. The van der Waals surface area contributed by atoms with Crippen molar-refractivity contribution in [1.29, 1.82) is 0 Å². The largest absolute Gasteiger partial charge is 0.234 e. The van der Waals surface area contributed by atoms with E-state index in [1.807, 2.05) is 61.9 Å². The van der Waals surface area contributed by atoms with Gasteiger partial charge in [-0.15, -0.1) is 0 Å². The van der Waals surface area contributed by atoms with E-state index in [-0.39, 0.29) is 4.75 Å². The molecule has 106 valence electrons.